The molecule has 3 heterocycles. The van der Waals surface area contributed by atoms with Crippen molar-refractivity contribution in [3.63, 3.8) is 0 Å². The van der Waals surface area contributed by atoms with Crippen LogP contribution >= 0.6 is 0 Å². The number of rotatable bonds is 2. The van der Waals surface area contributed by atoms with Gasteiger partial charge < -0.3 is 9.47 Å². The highest BCUT2D eigenvalue weighted by Crippen LogP contribution is 2.54. The summed E-state index contributed by atoms with van der Waals surface area (Å²) in [5.41, 5.74) is 3.34. The second-order valence-electron chi connectivity index (χ2n) is 7.57. The van der Waals surface area contributed by atoms with Crippen LogP contribution in [-0.4, -0.2) is 31.9 Å². The molecule has 1 aliphatic heterocycles. The molecular weight excluding hydrogens is 324 g/mol. The Morgan fingerprint density at radius 2 is 2.04 bits per heavy atom. The molecule has 2 fully saturated rings. The van der Waals surface area contributed by atoms with E-state index in [1.54, 1.807) is 12.5 Å². The van der Waals surface area contributed by atoms with Crippen LogP contribution in [-0.2, 0) is 12.6 Å². The molecule has 5 nitrogen and oxygen atoms in total. The zero-order valence-electron chi connectivity index (χ0n) is 14.9. The summed E-state index contributed by atoms with van der Waals surface area (Å²) in [4.78, 5) is 24.2. The fourth-order valence-corrected chi connectivity index (χ4v) is 4.91. The smallest absolute Gasteiger partial charge is 0.256 e. The predicted molar refractivity (Wildman–Crippen MR) is 99.6 cm³/mol. The van der Waals surface area contributed by atoms with Gasteiger partial charge in [0, 0.05) is 25.7 Å². The third kappa shape index (κ3) is 2.06. The highest BCUT2D eigenvalue weighted by molar-refractivity contribution is 5.97. The van der Waals surface area contributed by atoms with E-state index in [4.69, 9.17) is 0 Å². The highest BCUT2D eigenvalue weighted by atomic mass is 16.2. The largest absolute Gasteiger partial charge is 0.328 e. The summed E-state index contributed by atoms with van der Waals surface area (Å²) in [7, 11) is 1.91. The van der Waals surface area contributed by atoms with Crippen molar-refractivity contribution < 1.29 is 4.79 Å². The van der Waals surface area contributed by atoms with Crippen LogP contribution in [0.2, 0.25) is 0 Å². The number of carbonyl (C=O) groups is 1. The van der Waals surface area contributed by atoms with Crippen LogP contribution in [0.5, 0.6) is 0 Å². The minimum Gasteiger partial charge on any atom is -0.328 e. The Balaban J connectivity index is 1.54. The van der Waals surface area contributed by atoms with Gasteiger partial charge in [-0.2, -0.15) is 0 Å². The third-order valence-corrected chi connectivity index (χ3v) is 6.24. The van der Waals surface area contributed by atoms with Gasteiger partial charge in [0.2, 0.25) is 0 Å². The molecule has 0 unspecified atom stereocenters. The minimum atomic E-state index is -0.143. The number of fused-ring (bicyclic) bond motifs is 2. The van der Waals surface area contributed by atoms with Gasteiger partial charge in [0.1, 0.15) is 5.52 Å². The Morgan fingerprint density at radius 1 is 1.19 bits per heavy atom. The second kappa shape index (κ2) is 5.66. The first kappa shape index (κ1) is 15.6. The van der Waals surface area contributed by atoms with Crippen molar-refractivity contribution in [2.24, 2.45) is 13.0 Å². The Morgan fingerprint density at radius 3 is 2.85 bits per heavy atom. The Labute approximate surface area is 152 Å². The monoisotopic (exact) mass is 346 g/mol. The number of hydrogen-bond donors (Lipinski definition) is 0. The van der Waals surface area contributed by atoms with Gasteiger partial charge in [-0.05, 0) is 24.5 Å². The van der Waals surface area contributed by atoms with Crippen LogP contribution < -0.4 is 0 Å². The molecule has 0 N–H and O–H groups in total. The summed E-state index contributed by atoms with van der Waals surface area (Å²) in [5.74, 6) is 0.640. The number of carbonyl (C=O) groups excluding carboxylic acids is 1. The van der Waals surface area contributed by atoms with Crippen molar-refractivity contribution >= 4 is 17.1 Å². The first-order valence-corrected chi connectivity index (χ1v) is 9.35. The molecule has 5 rings (SSSR count). The molecule has 1 saturated carbocycles. The molecule has 0 radical (unpaired) electrons. The summed E-state index contributed by atoms with van der Waals surface area (Å²) in [6.07, 6.45) is 8.12. The van der Waals surface area contributed by atoms with Crippen molar-refractivity contribution in [3.05, 3.63) is 60.0 Å². The van der Waals surface area contributed by atoms with Crippen LogP contribution in [0.15, 0.2) is 48.9 Å². The third-order valence-electron chi connectivity index (χ3n) is 6.24. The number of aromatic nitrogens is 3. The van der Waals surface area contributed by atoms with Gasteiger partial charge in [-0.15, -0.1) is 0 Å². The molecule has 3 aromatic rings. The van der Waals surface area contributed by atoms with Crippen molar-refractivity contribution in [1.82, 2.24) is 19.4 Å². The van der Waals surface area contributed by atoms with E-state index in [-0.39, 0.29) is 11.4 Å². The maximum Gasteiger partial charge on any atom is 0.256 e. The highest BCUT2D eigenvalue weighted by Gasteiger charge is 2.57. The standard InChI is InChI=1S/C21H22N4O/c1-24-14-23-18-11-15(12-22-19(18)24)20(26)25-13-17-9-5-6-10-21(17,25)16-7-3-2-4-8-16/h2-4,7-8,11-12,14,17H,5-6,9-10,13H2,1H3/t17-,21-/m1/s1. The van der Waals surface area contributed by atoms with Gasteiger partial charge in [-0.25, -0.2) is 9.97 Å². The van der Waals surface area contributed by atoms with Crippen LogP contribution in [0.3, 0.4) is 0 Å². The lowest BCUT2D eigenvalue weighted by atomic mass is 9.61. The lowest BCUT2D eigenvalue weighted by Gasteiger charge is -2.61. The van der Waals surface area contributed by atoms with E-state index in [0.717, 1.165) is 24.1 Å². The number of pyridine rings is 1. The maximum absolute atomic E-state index is 13.4. The summed E-state index contributed by atoms with van der Waals surface area (Å²) in [5, 5.41) is 0. The Hall–Kier alpha value is -2.69. The van der Waals surface area contributed by atoms with Crippen LogP contribution in [0.1, 0.15) is 41.6 Å². The van der Waals surface area contributed by atoms with Crippen molar-refractivity contribution in [3.8, 4) is 0 Å². The number of imidazole rings is 1. The fourth-order valence-electron chi connectivity index (χ4n) is 4.91. The fraction of sp³-hybridized carbons (Fsp3) is 0.381. The van der Waals surface area contributed by atoms with E-state index in [2.05, 4.69) is 39.1 Å². The molecule has 1 aromatic carbocycles. The number of likely N-dealkylation sites (tertiary alicyclic amines) is 1. The molecular formula is C21H22N4O. The summed E-state index contributed by atoms with van der Waals surface area (Å²) < 4.78 is 1.87. The van der Waals surface area contributed by atoms with Crippen molar-refractivity contribution in [2.75, 3.05) is 6.54 Å². The van der Waals surface area contributed by atoms with Gasteiger partial charge in [-0.3, -0.25) is 4.79 Å². The van der Waals surface area contributed by atoms with Gasteiger partial charge in [-0.1, -0.05) is 43.2 Å². The Kier molecular flexibility index (Phi) is 3.39. The van der Waals surface area contributed by atoms with Crippen LogP contribution in [0.25, 0.3) is 11.2 Å². The quantitative estimate of drug-likeness (QED) is 0.713. The lowest BCUT2D eigenvalue weighted by Crippen LogP contribution is -2.67. The van der Waals surface area contributed by atoms with E-state index >= 15 is 0 Å². The van der Waals surface area contributed by atoms with E-state index < -0.39 is 0 Å². The first-order chi connectivity index (χ1) is 12.7. The molecule has 132 valence electrons. The molecule has 1 saturated heterocycles. The lowest BCUT2D eigenvalue weighted by molar-refractivity contribution is -0.0869. The van der Waals surface area contributed by atoms with Gasteiger partial charge in [0.25, 0.3) is 5.91 Å². The van der Waals surface area contributed by atoms with E-state index in [1.165, 1.54) is 24.8 Å². The molecule has 1 amide bonds. The molecule has 2 aliphatic rings. The van der Waals surface area contributed by atoms with E-state index in [1.807, 2.05) is 23.7 Å². The number of amides is 1. The first-order valence-electron chi connectivity index (χ1n) is 9.35. The molecule has 2 aromatic heterocycles. The maximum atomic E-state index is 13.4. The normalized spacial score (nSPS) is 25.0. The zero-order valence-corrected chi connectivity index (χ0v) is 14.9. The minimum absolute atomic E-state index is 0.0760. The van der Waals surface area contributed by atoms with Gasteiger partial charge >= 0.3 is 0 Å². The summed E-state index contributed by atoms with van der Waals surface area (Å²) >= 11 is 0. The number of hydrogen-bond acceptors (Lipinski definition) is 3. The Bertz CT molecular complexity index is 980. The molecule has 0 bridgehead atoms. The average molecular weight is 346 g/mol. The number of nitrogens with zero attached hydrogens (tertiary/aromatic N) is 4. The van der Waals surface area contributed by atoms with E-state index in [0.29, 0.717) is 11.5 Å². The number of aryl methyl sites for hydroxylation is 1. The van der Waals surface area contributed by atoms with Gasteiger partial charge in [0.05, 0.1) is 17.4 Å². The summed E-state index contributed by atoms with van der Waals surface area (Å²) in [6, 6.07) is 12.4. The number of benzene rings is 1. The molecule has 1 aliphatic carbocycles. The van der Waals surface area contributed by atoms with Crippen molar-refractivity contribution in [1.29, 1.82) is 0 Å². The van der Waals surface area contributed by atoms with Crippen molar-refractivity contribution in [2.45, 2.75) is 31.2 Å². The SMILES string of the molecule is Cn1cnc2cc(C(=O)N3C[C@H]4CCCC[C@@]43c3ccccc3)cnc21. The topological polar surface area (TPSA) is 51.0 Å². The molecule has 0 spiro atoms. The molecule has 26 heavy (non-hydrogen) atoms. The van der Waals surface area contributed by atoms with Gasteiger partial charge in [0.15, 0.2) is 5.65 Å². The molecule has 5 heteroatoms. The van der Waals surface area contributed by atoms with Crippen LogP contribution in [0.4, 0.5) is 0 Å². The summed E-state index contributed by atoms with van der Waals surface area (Å²) in [6.45, 7) is 0.841. The molecule has 2 atom stereocenters. The predicted octanol–water partition coefficient (Wildman–Crippen LogP) is 3.51. The zero-order chi connectivity index (χ0) is 17.7. The average Bonchev–Trinajstić information content (AvgIpc) is 3.04. The van der Waals surface area contributed by atoms with E-state index in [9.17, 15) is 4.79 Å². The van der Waals surface area contributed by atoms with Crippen LogP contribution in [0, 0.1) is 5.92 Å². The second-order valence-corrected chi connectivity index (χ2v) is 7.57.